The Morgan fingerprint density at radius 3 is 1.86 bits per heavy atom. The third-order valence-corrected chi connectivity index (χ3v) is 19.7. The first kappa shape index (κ1) is 37.7. The highest BCUT2D eigenvalue weighted by Gasteiger charge is 2.38. The van der Waals surface area contributed by atoms with Gasteiger partial charge in [-0.2, -0.15) is 0 Å². The molecule has 43 heavy (non-hydrogen) atoms. The molecule has 4 nitrogen and oxygen atoms in total. The van der Waals surface area contributed by atoms with Crippen LogP contribution < -0.4 is 4.74 Å². The number of thiophene rings is 1. The molecular weight excluding hydrogens is 585 g/mol. The Morgan fingerprint density at radius 1 is 0.791 bits per heavy atom. The van der Waals surface area contributed by atoms with Crippen molar-refractivity contribution in [1.82, 2.24) is 0 Å². The van der Waals surface area contributed by atoms with E-state index in [1.165, 1.54) is 20.9 Å². The smallest absolute Gasteiger partial charge is 0.192 e. The second-order valence-corrected chi connectivity index (χ2v) is 25.6. The molecule has 0 fully saturated rings. The summed E-state index contributed by atoms with van der Waals surface area (Å²) in [6.45, 7) is 30.8. The van der Waals surface area contributed by atoms with Gasteiger partial charge in [0.25, 0.3) is 0 Å². The fourth-order valence-electron chi connectivity index (χ4n) is 3.90. The SMILES string of the molecule is CC/C(=C/C=C/C(O)(CC)CC)c1ccc(COc2ccc(CO[Si](C)(C)C(C)(C)C)c(CO[Si](C)(C)C(C)(C)C)c2)s1. The van der Waals surface area contributed by atoms with Gasteiger partial charge in [-0.1, -0.05) is 86.6 Å². The van der Waals surface area contributed by atoms with E-state index in [-0.39, 0.29) is 10.1 Å². The Bertz CT molecular complexity index is 1220. The van der Waals surface area contributed by atoms with Crippen molar-refractivity contribution >= 4 is 33.5 Å². The number of rotatable bonds is 15. The summed E-state index contributed by atoms with van der Waals surface area (Å²) in [5.74, 6) is 0.854. The van der Waals surface area contributed by atoms with Crippen molar-refractivity contribution in [3.63, 3.8) is 0 Å². The van der Waals surface area contributed by atoms with Crippen molar-refractivity contribution in [3.05, 3.63) is 69.4 Å². The second-order valence-electron chi connectivity index (χ2n) is 14.8. The number of benzene rings is 1. The van der Waals surface area contributed by atoms with Gasteiger partial charge in [-0.3, -0.25) is 0 Å². The highest BCUT2D eigenvalue weighted by molar-refractivity contribution is 7.13. The minimum absolute atomic E-state index is 0.143. The van der Waals surface area contributed by atoms with Gasteiger partial charge in [0, 0.05) is 9.75 Å². The van der Waals surface area contributed by atoms with Gasteiger partial charge in [0.2, 0.25) is 0 Å². The van der Waals surface area contributed by atoms with Crippen molar-refractivity contribution in [1.29, 1.82) is 0 Å². The van der Waals surface area contributed by atoms with Crippen LogP contribution in [0.15, 0.2) is 48.6 Å². The number of allylic oxidation sites excluding steroid dienone is 3. The number of ether oxygens (including phenoxy) is 1. The van der Waals surface area contributed by atoms with Crippen molar-refractivity contribution in [3.8, 4) is 5.75 Å². The van der Waals surface area contributed by atoms with E-state index in [9.17, 15) is 5.11 Å². The molecule has 2 rings (SSSR count). The van der Waals surface area contributed by atoms with Gasteiger partial charge in [0.05, 0.1) is 18.8 Å². The molecular formula is C36H60O4SSi2. The largest absolute Gasteiger partial charge is 0.488 e. The molecule has 1 heterocycles. The second kappa shape index (κ2) is 15.2. The quantitative estimate of drug-likeness (QED) is 0.155. The molecule has 242 valence electrons. The zero-order valence-corrected chi connectivity index (χ0v) is 32.3. The molecule has 0 aliphatic rings. The summed E-state index contributed by atoms with van der Waals surface area (Å²) in [6, 6.07) is 10.7. The fourth-order valence-corrected chi connectivity index (χ4v) is 6.82. The fraction of sp³-hybridized carbons (Fsp3) is 0.611. The molecule has 1 aromatic carbocycles. The van der Waals surface area contributed by atoms with Crippen molar-refractivity contribution in [2.75, 3.05) is 0 Å². The van der Waals surface area contributed by atoms with Gasteiger partial charge in [-0.15, -0.1) is 11.3 Å². The van der Waals surface area contributed by atoms with Crippen LogP contribution in [0.1, 0.15) is 102 Å². The van der Waals surface area contributed by atoms with Crippen LogP contribution in [0.2, 0.25) is 36.3 Å². The predicted molar refractivity (Wildman–Crippen MR) is 192 cm³/mol. The standard InChI is InChI=1S/C36H60O4SSi2/c1-14-28(18-17-23-36(37,15-2)16-3)33-22-21-32(41-33)27-38-31-20-19-29(25-39-42(10,11)34(4,5)6)30(24-31)26-40-43(12,13)35(7,8)9/h17-24,37H,14-16,25-27H2,1-13H3/b23-17+,28-18-. The lowest BCUT2D eigenvalue weighted by molar-refractivity contribution is 0.0828. The molecule has 7 heteroatoms. The Morgan fingerprint density at radius 2 is 1.35 bits per heavy atom. The van der Waals surface area contributed by atoms with Crippen LogP contribution >= 0.6 is 11.3 Å². The summed E-state index contributed by atoms with van der Waals surface area (Å²) in [5.41, 5.74) is 2.86. The molecule has 0 amide bonds. The van der Waals surface area contributed by atoms with Crippen LogP contribution in [0.3, 0.4) is 0 Å². The van der Waals surface area contributed by atoms with E-state index in [0.717, 1.165) is 17.7 Å². The molecule has 0 unspecified atom stereocenters. The monoisotopic (exact) mass is 644 g/mol. The van der Waals surface area contributed by atoms with E-state index in [2.05, 4.69) is 111 Å². The van der Waals surface area contributed by atoms with Crippen LogP contribution in [0.25, 0.3) is 5.57 Å². The van der Waals surface area contributed by atoms with Gasteiger partial charge in [-0.25, -0.2) is 0 Å². The summed E-state index contributed by atoms with van der Waals surface area (Å²) in [7, 11) is -3.81. The molecule has 2 aromatic rings. The molecule has 0 aliphatic heterocycles. The third-order valence-electron chi connectivity index (χ3n) is 9.64. The summed E-state index contributed by atoms with van der Waals surface area (Å²) in [5, 5.41) is 10.9. The summed E-state index contributed by atoms with van der Waals surface area (Å²) >= 11 is 1.77. The van der Waals surface area contributed by atoms with E-state index in [1.807, 2.05) is 26.0 Å². The zero-order valence-electron chi connectivity index (χ0n) is 29.4. The molecule has 0 atom stereocenters. The predicted octanol–water partition coefficient (Wildman–Crippen LogP) is 11.3. The lowest BCUT2D eigenvalue weighted by Crippen LogP contribution is -2.41. The van der Waals surface area contributed by atoms with E-state index in [1.54, 1.807) is 11.3 Å². The molecule has 0 saturated carbocycles. The Labute approximate surface area is 269 Å². The topological polar surface area (TPSA) is 47.9 Å². The summed E-state index contributed by atoms with van der Waals surface area (Å²) < 4.78 is 19.6. The molecule has 0 radical (unpaired) electrons. The minimum atomic E-state index is -1.92. The van der Waals surface area contributed by atoms with Crippen LogP contribution in [0.4, 0.5) is 0 Å². The lowest BCUT2D eigenvalue weighted by atomic mass is 9.97. The van der Waals surface area contributed by atoms with Gasteiger partial charge in [-0.05, 0) is 96.5 Å². The van der Waals surface area contributed by atoms with Crippen LogP contribution in [-0.2, 0) is 28.7 Å². The zero-order chi connectivity index (χ0) is 32.7. The summed E-state index contributed by atoms with van der Waals surface area (Å²) in [6.07, 6.45) is 8.41. The van der Waals surface area contributed by atoms with Crippen LogP contribution in [0.5, 0.6) is 5.75 Å². The van der Waals surface area contributed by atoms with E-state index < -0.39 is 22.2 Å². The molecule has 1 N–H and O–H groups in total. The van der Waals surface area contributed by atoms with Gasteiger partial charge < -0.3 is 18.7 Å². The number of hydrogen-bond acceptors (Lipinski definition) is 5. The van der Waals surface area contributed by atoms with Gasteiger partial charge in [0.15, 0.2) is 16.6 Å². The maximum absolute atomic E-state index is 10.6. The average molecular weight is 645 g/mol. The average Bonchev–Trinajstić information content (AvgIpc) is 3.40. The molecule has 0 aliphatic carbocycles. The number of hydrogen-bond donors (Lipinski definition) is 1. The maximum Gasteiger partial charge on any atom is 0.192 e. The maximum atomic E-state index is 10.6. The first-order chi connectivity index (χ1) is 19.8. The first-order valence-electron chi connectivity index (χ1n) is 16.0. The van der Waals surface area contributed by atoms with E-state index >= 15 is 0 Å². The molecule has 0 saturated heterocycles. The van der Waals surface area contributed by atoms with Crippen molar-refractivity contribution < 1.29 is 18.7 Å². The molecule has 1 aromatic heterocycles. The number of aliphatic hydroxyl groups is 1. The summed E-state index contributed by atoms with van der Waals surface area (Å²) in [4.78, 5) is 2.42. The van der Waals surface area contributed by atoms with Gasteiger partial charge >= 0.3 is 0 Å². The van der Waals surface area contributed by atoms with Crippen LogP contribution in [0, 0.1) is 0 Å². The van der Waals surface area contributed by atoms with E-state index in [0.29, 0.717) is 32.7 Å². The Hall–Kier alpha value is -1.49. The molecule has 0 spiro atoms. The minimum Gasteiger partial charge on any atom is -0.488 e. The Kier molecular flexibility index (Phi) is 13.3. The van der Waals surface area contributed by atoms with Crippen molar-refractivity contribution in [2.24, 2.45) is 0 Å². The third kappa shape index (κ3) is 10.8. The highest BCUT2D eigenvalue weighted by Crippen LogP contribution is 2.39. The normalized spacial score (nSPS) is 14.1. The van der Waals surface area contributed by atoms with Crippen molar-refractivity contribution in [2.45, 2.75) is 143 Å². The van der Waals surface area contributed by atoms with Crippen LogP contribution in [-0.4, -0.2) is 27.3 Å². The Balaban J connectivity index is 2.23. The first-order valence-corrected chi connectivity index (χ1v) is 22.6. The van der Waals surface area contributed by atoms with E-state index in [4.69, 9.17) is 13.6 Å². The van der Waals surface area contributed by atoms with Gasteiger partial charge in [0.1, 0.15) is 12.4 Å². The lowest BCUT2D eigenvalue weighted by Gasteiger charge is -2.37. The highest BCUT2D eigenvalue weighted by atomic mass is 32.1. The molecule has 0 bridgehead atoms.